The van der Waals surface area contributed by atoms with Gasteiger partial charge in [0.05, 0.1) is 25.5 Å². The summed E-state index contributed by atoms with van der Waals surface area (Å²) in [5.74, 6) is 0.0126. The molecule has 1 aliphatic heterocycles. The molecular weight excluding hydrogens is 366 g/mol. The largest absolute Gasteiger partial charge is 0.379 e. The molecule has 1 fully saturated rings. The second kappa shape index (κ2) is 8.19. The predicted octanol–water partition coefficient (Wildman–Crippen LogP) is 3.24. The van der Waals surface area contributed by atoms with Crippen LogP contribution in [0.25, 0.3) is 21.7 Å². The number of aromatic nitrogens is 3. The molecule has 0 atom stereocenters. The smallest absolute Gasteiger partial charge is 0.275 e. The third-order valence-electron chi connectivity index (χ3n) is 5.40. The third kappa shape index (κ3) is 3.82. The molecule has 4 rings (SSSR count). The number of H-pyrrole nitrogens is 1. The van der Waals surface area contributed by atoms with E-state index in [2.05, 4.69) is 27.0 Å². The Hall–Kier alpha value is -2.95. The van der Waals surface area contributed by atoms with Crippen molar-refractivity contribution in [1.29, 1.82) is 0 Å². The number of hydrogen-bond acceptors (Lipinski definition) is 4. The van der Waals surface area contributed by atoms with Gasteiger partial charge >= 0.3 is 0 Å². The van der Waals surface area contributed by atoms with Gasteiger partial charge in [-0.25, -0.2) is 14.3 Å². The summed E-state index contributed by atoms with van der Waals surface area (Å²) in [6.45, 7) is 15.9. The monoisotopic (exact) mass is 391 g/mol. The zero-order chi connectivity index (χ0) is 20.4. The van der Waals surface area contributed by atoms with Crippen LogP contribution in [0.1, 0.15) is 30.9 Å². The van der Waals surface area contributed by atoms with Gasteiger partial charge in [0.2, 0.25) is 5.69 Å². The Morgan fingerprint density at radius 1 is 1.31 bits per heavy atom. The Bertz CT molecular complexity index is 1120. The van der Waals surface area contributed by atoms with Crippen LogP contribution in [-0.2, 0) is 11.2 Å². The minimum atomic E-state index is -0.145. The summed E-state index contributed by atoms with van der Waals surface area (Å²) >= 11 is 0. The first-order valence-electron chi connectivity index (χ1n) is 9.99. The van der Waals surface area contributed by atoms with Crippen LogP contribution in [-0.4, -0.2) is 52.3 Å². The summed E-state index contributed by atoms with van der Waals surface area (Å²) in [5.41, 5.74) is 4.04. The molecule has 0 spiro atoms. The van der Waals surface area contributed by atoms with Crippen molar-refractivity contribution in [2.24, 2.45) is 0 Å². The molecule has 0 amide bonds. The third-order valence-corrected chi connectivity index (χ3v) is 5.40. The fourth-order valence-corrected chi connectivity index (χ4v) is 3.82. The van der Waals surface area contributed by atoms with E-state index >= 15 is 0 Å². The first kappa shape index (κ1) is 19.4. The average molecular weight is 391 g/mol. The lowest BCUT2D eigenvalue weighted by Gasteiger charge is -2.26. The fraction of sp³-hybridized carbons (Fsp3) is 0.409. The van der Waals surface area contributed by atoms with Crippen molar-refractivity contribution in [3.05, 3.63) is 63.4 Å². The Balaban J connectivity index is 1.73. The van der Waals surface area contributed by atoms with Gasteiger partial charge in [-0.3, -0.25) is 9.69 Å². The highest BCUT2D eigenvalue weighted by molar-refractivity contribution is 5.73. The highest BCUT2D eigenvalue weighted by Gasteiger charge is 2.20. The highest BCUT2D eigenvalue weighted by atomic mass is 16.5. The molecule has 1 aliphatic rings. The Morgan fingerprint density at radius 2 is 2.10 bits per heavy atom. The van der Waals surface area contributed by atoms with Gasteiger partial charge in [-0.2, -0.15) is 0 Å². The van der Waals surface area contributed by atoms with Crippen molar-refractivity contribution >= 4 is 11.3 Å². The van der Waals surface area contributed by atoms with E-state index in [9.17, 15) is 4.79 Å². The minimum Gasteiger partial charge on any atom is -0.379 e. The molecule has 1 aromatic carbocycles. The van der Waals surface area contributed by atoms with E-state index < -0.39 is 0 Å². The van der Waals surface area contributed by atoms with Gasteiger partial charge < -0.3 is 9.84 Å². The van der Waals surface area contributed by atoms with Gasteiger partial charge in [-0.1, -0.05) is 32.0 Å². The van der Waals surface area contributed by atoms with E-state index in [0.717, 1.165) is 44.8 Å². The summed E-state index contributed by atoms with van der Waals surface area (Å²) < 4.78 is 6.79. The standard InChI is InChI=1S/C22H25N5O2/c1-15(2)19-20(25-21-18(23-3)14-24-27(21)22(19)28)17-6-4-5-16(13-17)7-8-26-9-11-29-12-10-26/h4-6,13-15,24H,7-12H2,1-2H3. The fourth-order valence-electron chi connectivity index (χ4n) is 3.82. The summed E-state index contributed by atoms with van der Waals surface area (Å²) in [5, 5.41) is 2.86. The van der Waals surface area contributed by atoms with E-state index in [-0.39, 0.29) is 11.5 Å². The van der Waals surface area contributed by atoms with E-state index in [4.69, 9.17) is 16.3 Å². The molecule has 1 N–H and O–H groups in total. The second-order valence-corrected chi connectivity index (χ2v) is 7.67. The zero-order valence-corrected chi connectivity index (χ0v) is 16.8. The molecule has 2 aromatic heterocycles. The molecule has 7 heteroatoms. The van der Waals surface area contributed by atoms with Crippen molar-refractivity contribution in [3.8, 4) is 11.3 Å². The molecule has 0 unspecified atom stereocenters. The minimum absolute atomic E-state index is 0.0126. The van der Waals surface area contributed by atoms with Crippen LogP contribution in [0.4, 0.5) is 5.69 Å². The summed E-state index contributed by atoms with van der Waals surface area (Å²) in [7, 11) is 0. The number of aromatic amines is 1. The number of fused-ring (bicyclic) bond motifs is 1. The number of benzene rings is 1. The number of rotatable bonds is 5. The quantitative estimate of drug-likeness (QED) is 0.678. The first-order valence-corrected chi connectivity index (χ1v) is 9.99. The van der Waals surface area contributed by atoms with Gasteiger partial charge in [0.15, 0.2) is 5.65 Å². The zero-order valence-electron chi connectivity index (χ0n) is 16.8. The lowest BCUT2D eigenvalue weighted by atomic mass is 9.96. The van der Waals surface area contributed by atoms with E-state index in [0.29, 0.717) is 22.6 Å². The van der Waals surface area contributed by atoms with Crippen LogP contribution in [0.2, 0.25) is 0 Å². The second-order valence-electron chi connectivity index (χ2n) is 7.67. The van der Waals surface area contributed by atoms with Crippen LogP contribution >= 0.6 is 0 Å². The molecule has 29 heavy (non-hydrogen) atoms. The number of morpholine rings is 1. The van der Waals surface area contributed by atoms with E-state index in [1.807, 2.05) is 26.0 Å². The normalized spacial score (nSPS) is 15.1. The maximum Gasteiger partial charge on any atom is 0.275 e. The summed E-state index contributed by atoms with van der Waals surface area (Å²) in [4.78, 5) is 23.7. The van der Waals surface area contributed by atoms with E-state index in [1.165, 1.54) is 16.3 Å². The van der Waals surface area contributed by atoms with Gasteiger partial charge in [-0.15, -0.1) is 0 Å². The molecule has 150 valence electrons. The molecule has 7 nitrogen and oxygen atoms in total. The van der Waals surface area contributed by atoms with Crippen LogP contribution in [0.3, 0.4) is 0 Å². The Kier molecular flexibility index (Phi) is 5.47. The predicted molar refractivity (Wildman–Crippen MR) is 113 cm³/mol. The SMILES string of the molecule is [C-]#[N+]c1c[nH]n2c(=O)c(C(C)C)c(-c3cccc(CCN4CCOCC4)c3)nc12. The number of ether oxygens (including phenoxy) is 1. The summed E-state index contributed by atoms with van der Waals surface area (Å²) in [6, 6.07) is 8.25. The van der Waals surface area contributed by atoms with Crippen LogP contribution in [0, 0.1) is 6.57 Å². The average Bonchev–Trinajstić information content (AvgIpc) is 3.16. The van der Waals surface area contributed by atoms with Crippen molar-refractivity contribution < 1.29 is 4.74 Å². The lowest BCUT2D eigenvalue weighted by Crippen LogP contribution is -2.37. The molecule has 0 radical (unpaired) electrons. The van der Waals surface area contributed by atoms with Gasteiger partial charge in [0, 0.05) is 37.0 Å². The van der Waals surface area contributed by atoms with Crippen molar-refractivity contribution in [2.45, 2.75) is 26.2 Å². The Morgan fingerprint density at radius 3 is 2.83 bits per heavy atom. The highest BCUT2D eigenvalue weighted by Crippen LogP contribution is 2.28. The maximum atomic E-state index is 13.1. The number of hydrogen-bond donors (Lipinski definition) is 1. The van der Waals surface area contributed by atoms with Crippen LogP contribution in [0.5, 0.6) is 0 Å². The molecule has 0 saturated carbocycles. The first-order chi connectivity index (χ1) is 14.1. The lowest BCUT2D eigenvalue weighted by molar-refractivity contribution is 0.0384. The summed E-state index contributed by atoms with van der Waals surface area (Å²) in [6.07, 6.45) is 2.47. The van der Waals surface area contributed by atoms with Crippen molar-refractivity contribution in [3.63, 3.8) is 0 Å². The van der Waals surface area contributed by atoms with E-state index in [1.54, 1.807) is 0 Å². The maximum absolute atomic E-state index is 13.1. The molecular formula is C22H25N5O2. The number of nitrogens with one attached hydrogen (secondary N) is 1. The van der Waals surface area contributed by atoms with Gasteiger partial charge in [0.1, 0.15) is 0 Å². The van der Waals surface area contributed by atoms with Crippen molar-refractivity contribution in [1.82, 2.24) is 19.5 Å². The van der Waals surface area contributed by atoms with Crippen LogP contribution in [0.15, 0.2) is 35.3 Å². The number of nitrogens with zero attached hydrogens (tertiary/aromatic N) is 4. The van der Waals surface area contributed by atoms with Crippen molar-refractivity contribution in [2.75, 3.05) is 32.8 Å². The molecule has 0 bridgehead atoms. The molecule has 1 saturated heterocycles. The van der Waals surface area contributed by atoms with Gasteiger partial charge in [-0.05, 0) is 24.0 Å². The Labute approximate surface area is 169 Å². The molecule has 0 aliphatic carbocycles. The van der Waals surface area contributed by atoms with Gasteiger partial charge in [0.25, 0.3) is 5.56 Å². The van der Waals surface area contributed by atoms with Crippen LogP contribution < -0.4 is 5.56 Å². The topological polar surface area (TPSA) is 67.0 Å². The molecule has 3 heterocycles. The molecule has 3 aromatic rings.